The van der Waals surface area contributed by atoms with Gasteiger partial charge in [0.2, 0.25) is 5.91 Å². The van der Waals surface area contributed by atoms with E-state index in [1.807, 2.05) is 60.1 Å². The molecule has 10 heteroatoms. The van der Waals surface area contributed by atoms with Gasteiger partial charge in [-0.05, 0) is 37.1 Å². The Kier molecular flexibility index (Phi) is 4.48. The predicted molar refractivity (Wildman–Crippen MR) is 130 cm³/mol. The molecule has 170 valence electrons. The molecule has 0 saturated carbocycles. The predicted octanol–water partition coefficient (Wildman–Crippen LogP) is 2.16. The Morgan fingerprint density at radius 1 is 0.970 bits per heavy atom. The highest BCUT2D eigenvalue weighted by Gasteiger charge is 2.34. The second-order valence-corrected chi connectivity index (χ2v) is 9.85. The van der Waals surface area contributed by atoms with Gasteiger partial charge in [0.25, 0.3) is 5.91 Å². The van der Waals surface area contributed by atoms with Gasteiger partial charge in [0, 0.05) is 30.2 Å². The molecule has 0 aliphatic carbocycles. The molecular formula is C23H24N6O3S. The molecular weight excluding hydrogens is 440 g/mol. The zero-order valence-corrected chi connectivity index (χ0v) is 19.2. The minimum absolute atomic E-state index is 0.238. The number of benzene rings is 2. The number of carbonyl (C=O) groups excluding carboxylic acids is 2. The van der Waals surface area contributed by atoms with Gasteiger partial charge in [0.15, 0.2) is 0 Å². The Morgan fingerprint density at radius 3 is 2.48 bits per heavy atom. The molecule has 6 heterocycles. The van der Waals surface area contributed by atoms with Crippen LogP contribution in [0, 0.1) is 0 Å². The van der Waals surface area contributed by atoms with Crippen LogP contribution < -0.4 is 21.4 Å². The molecule has 9 nitrogen and oxygen atoms in total. The van der Waals surface area contributed by atoms with E-state index in [1.54, 1.807) is 11.6 Å². The average Bonchev–Trinajstić information content (AvgIpc) is 2.87. The maximum Gasteiger partial charge on any atom is 0.382 e. The molecule has 0 spiro atoms. The van der Waals surface area contributed by atoms with Gasteiger partial charge < -0.3 is 10.3 Å². The normalized spacial score (nSPS) is 21.7. The van der Waals surface area contributed by atoms with Gasteiger partial charge in [-0.1, -0.05) is 24.3 Å². The number of hydrogen-bond acceptors (Lipinski definition) is 6. The largest absolute Gasteiger partial charge is 0.382 e. The lowest BCUT2D eigenvalue weighted by molar-refractivity contribution is -0.116. The first-order valence-corrected chi connectivity index (χ1v) is 12.3. The molecule has 8 rings (SSSR count). The van der Waals surface area contributed by atoms with Gasteiger partial charge in [-0.2, -0.15) is 16.4 Å². The molecule has 1 unspecified atom stereocenters. The number of anilines is 1. The molecule has 2 aromatic heterocycles. The highest BCUT2D eigenvalue weighted by atomic mass is 32.2. The molecule has 1 saturated heterocycles. The van der Waals surface area contributed by atoms with Gasteiger partial charge in [-0.3, -0.25) is 15.0 Å². The quantitative estimate of drug-likeness (QED) is 0.573. The van der Waals surface area contributed by atoms with Crippen LogP contribution in [0.5, 0.6) is 0 Å². The summed E-state index contributed by atoms with van der Waals surface area (Å²) in [4.78, 5) is 42.3. The van der Waals surface area contributed by atoms with Crippen molar-refractivity contribution >= 4 is 40.3 Å². The molecule has 6 bridgehead atoms. The highest BCUT2D eigenvalue weighted by Crippen LogP contribution is 2.42. The molecule has 1 fully saturated rings. The van der Waals surface area contributed by atoms with Gasteiger partial charge in [-0.25, -0.2) is 9.47 Å². The second kappa shape index (κ2) is 7.31. The van der Waals surface area contributed by atoms with Gasteiger partial charge in [0.05, 0.1) is 22.6 Å². The summed E-state index contributed by atoms with van der Waals surface area (Å²) < 4.78 is 3.03. The van der Waals surface area contributed by atoms with E-state index in [2.05, 4.69) is 10.7 Å². The van der Waals surface area contributed by atoms with Gasteiger partial charge in [-0.15, -0.1) is 4.79 Å². The zero-order valence-electron chi connectivity index (χ0n) is 18.4. The van der Waals surface area contributed by atoms with Crippen LogP contribution in [-0.4, -0.2) is 56.6 Å². The number of hydrogen-bond donors (Lipinski definition) is 2. The summed E-state index contributed by atoms with van der Waals surface area (Å²) >= 11 is 1.84. The summed E-state index contributed by atoms with van der Waals surface area (Å²) in [6.45, 7) is 4.91. The topological polar surface area (TPSA) is 93.3 Å². The maximum absolute atomic E-state index is 14.1. The van der Waals surface area contributed by atoms with E-state index in [4.69, 9.17) is 0 Å². The van der Waals surface area contributed by atoms with Crippen molar-refractivity contribution in [1.29, 1.82) is 0 Å². The Morgan fingerprint density at radius 2 is 1.70 bits per heavy atom. The van der Waals surface area contributed by atoms with E-state index in [1.165, 1.54) is 9.47 Å². The van der Waals surface area contributed by atoms with Crippen molar-refractivity contribution in [2.45, 2.75) is 25.8 Å². The lowest BCUT2D eigenvalue weighted by Gasteiger charge is -2.32. The van der Waals surface area contributed by atoms with Crippen molar-refractivity contribution in [2.24, 2.45) is 0 Å². The summed E-state index contributed by atoms with van der Waals surface area (Å²) in [5, 5.41) is 5.09. The first kappa shape index (κ1) is 20.2. The number of nitrogens with one attached hydrogen (secondary N) is 2. The Labute approximate surface area is 193 Å². The van der Waals surface area contributed by atoms with Crippen molar-refractivity contribution < 1.29 is 9.59 Å². The number of fused-ring (bicyclic) bond motifs is 5. The molecule has 2 N–H and O–H groups in total. The molecule has 4 aliphatic rings. The molecule has 4 aromatic rings. The summed E-state index contributed by atoms with van der Waals surface area (Å²) in [5.74, 6) is 0.790. The molecule has 0 radical (unpaired) electrons. The van der Waals surface area contributed by atoms with Crippen LogP contribution in [0.1, 0.15) is 30.1 Å². The Balaban J connectivity index is 1.86. The van der Waals surface area contributed by atoms with Crippen molar-refractivity contribution in [2.75, 3.05) is 40.3 Å². The van der Waals surface area contributed by atoms with Crippen LogP contribution >= 0.6 is 11.8 Å². The van der Waals surface area contributed by atoms with Crippen molar-refractivity contribution in [1.82, 2.24) is 14.1 Å². The summed E-state index contributed by atoms with van der Waals surface area (Å²) in [5.41, 5.74) is 6.82. The van der Waals surface area contributed by atoms with Gasteiger partial charge in [0.1, 0.15) is 6.04 Å². The number of aromatic nitrogens is 3. The smallest absolute Gasteiger partial charge is 0.322 e. The van der Waals surface area contributed by atoms with Crippen molar-refractivity contribution in [3.8, 4) is 11.1 Å². The van der Waals surface area contributed by atoms with E-state index in [9.17, 15) is 14.4 Å². The Bertz CT molecular complexity index is 1410. The van der Waals surface area contributed by atoms with E-state index in [0.717, 1.165) is 28.2 Å². The molecule has 4 aliphatic heterocycles. The van der Waals surface area contributed by atoms with Crippen LogP contribution in [0.2, 0.25) is 0 Å². The third kappa shape index (κ3) is 2.83. The van der Waals surface area contributed by atoms with Gasteiger partial charge >= 0.3 is 5.69 Å². The lowest BCUT2D eigenvalue weighted by Crippen LogP contribution is -2.53. The standard InChI is InChI=1S/C23H24N6O3S/c1-13-15-5-3-4-6-16(15)19-17-7-8-18-20(19)24-21(30)14(2)25-29(27(17)22(13)31)23(32)28(18)26-9-11-33-12-10-26/h3-8,13-14,25H,9-12H2,1-2H3,(H,24,30)/t13?,14-/m0/s1. The Hall–Kier alpha value is -3.40. The average molecular weight is 465 g/mol. The van der Waals surface area contributed by atoms with Crippen molar-refractivity contribution in [3.63, 3.8) is 0 Å². The summed E-state index contributed by atoms with van der Waals surface area (Å²) in [6.07, 6.45) is 0. The fraction of sp³-hybridized carbons (Fsp3) is 0.348. The number of amides is 1. The number of carbonyl (C=O) groups is 2. The van der Waals surface area contributed by atoms with Crippen LogP contribution in [0.25, 0.3) is 22.2 Å². The van der Waals surface area contributed by atoms with Crippen LogP contribution in [0.4, 0.5) is 5.69 Å². The maximum atomic E-state index is 14.1. The molecule has 2 atom stereocenters. The SMILES string of the molecule is CC1C(=O)n2c3ccc4c(c3-c3ccccc31)NC(=O)[C@H](C)Nn2c(=O)n4N1CCSCC1. The van der Waals surface area contributed by atoms with E-state index in [0.29, 0.717) is 29.8 Å². The van der Waals surface area contributed by atoms with E-state index >= 15 is 0 Å². The van der Waals surface area contributed by atoms with Crippen LogP contribution in [0.15, 0.2) is 41.2 Å². The summed E-state index contributed by atoms with van der Waals surface area (Å²) in [6, 6.07) is 10.7. The van der Waals surface area contributed by atoms with Crippen LogP contribution in [-0.2, 0) is 4.79 Å². The van der Waals surface area contributed by atoms with Crippen molar-refractivity contribution in [3.05, 3.63) is 52.4 Å². The molecule has 1 amide bonds. The molecule has 2 aromatic carbocycles. The fourth-order valence-corrected chi connectivity index (χ4v) is 5.85. The fourth-order valence-electron chi connectivity index (χ4n) is 4.97. The third-order valence-corrected chi connectivity index (χ3v) is 7.63. The minimum atomic E-state index is -0.735. The number of thioether (sulfide) groups is 1. The first-order chi connectivity index (χ1) is 16.0. The first-order valence-electron chi connectivity index (χ1n) is 11.1. The lowest BCUT2D eigenvalue weighted by atomic mass is 9.91. The van der Waals surface area contributed by atoms with E-state index < -0.39 is 17.6 Å². The monoisotopic (exact) mass is 464 g/mol. The number of nitrogens with zero attached hydrogens (tertiary/aromatic N) is 4. The van der Waals surface area contributed by atoms with E-state index in [-0.39, 0.29) is 11.8 Å². The highest BCUT2D eigenvalue weighted by molar-refractivity contribution is 7.99. The molecule has 33 heavy (non-hydrogen) atoms. The zero-order chi connectivity index (χ0) is 22.9. The third-order valence-electron chi connectivity index (χ3n) is 6.68. The summed E-state index contributed by atoms with van der Waals surface area (Å²) in [7, 11) is 0. The minimum Gasteiger partial charge on any atom is -0.322 e. The second-order valence-electron chi connectivity index (χ2n) is 8.63. The van der Waals surface area contributed by atoms with Crippen LogP contribution in [0.3, 0.4) is 0 Å². The number of rotatable bonds is 1.